The molecule has 1 aliphatic heterocycles. The first kappa shape index (κ1) is 14.8. The molecule has 0 radical (unpaired) electrons. The molecule has 0 unspecified atom stereocenters. The fourth-order valence-corrected chi connectivity index (χ4v) is 2.64. The van der Waals surface area contributed by atoms with Crippen LogP contribution in [0.5, 0.6) is 0 Å². The van der Waals surface area contributed by atoms with Crippen LogP contribution in [0.15, 0.2) is 70.4 Å². The van der Waals surface area contributed by atoms with E-state index >= 15 is 0 Å². The number of carbonyl (C=O) groups excluding carboxylic acids is 1. The molecule has 1 heterocycles. The molecule has 0 amide bonds. The van der Waals surface area contributed by atoms with E-state index in [1.807, 2.05) is 61.5 Å². The Kier molecular flexibility index (Phi) is 4.25. The Balaban J connectivity index is 1.80. The lowest BCUT2D eigenvalue weighted by molar-refractivity contribution is -0.133. The van der Waals surface area contributed by atoms with Gasteiger partial charge in [-0.05, 0) is 42.3 Å². The minimum atomic E-state index is -0.262. The highest BCUT2D eigenvalue weighted by Crippen LogP contribution is 2.23. The first-order valence-electron chi connectivity index (χ1n) is 7.06. The minimum Gasteiger partial charge on any atom is -0.423 e. The number of halogens is 1. The number of benzene rings is 2. The van der Waals surface area contributed by atoms with E-state index in [0.717, 1.165) is 15.6 Å². The summed E-state index contributed by atoms with van der Waals surface area (Å²) in [4.78, 5) is 12.0. The molecule has 0 fully saturated rings. The van der Waals surface area contributed by atoms with Crippen LogP contribution >= 0.6 is 15.9 Å². The van der Waals surface area contributed by atoms with Gasteiger partial charge in [0.1, 0.15) is 5.76 Å². The number of hydrogen-bond donors (Lipinski definition) is 0. The highest BCUT2D eigenvalue weighted by atomic mass is 79.9. The third-order valence-corrected chi connectivity index (χ3v) is 3.98. The van der Waals surface area contributed by atoms with Crippen LogP contribution in [0.4, 0.5) is 0 Å². The maximum Gasteiger partial charge on any atom is 0.339 e. The van der Waals surface area contributed by atoms with Gasteiger partial charge in [0.15, 0.2) is 0 Å². The lowest BCUT2D eigenvalue weighted by atomic mass is 10.1. The molecule has 110 valence electrons. The molecule has 22 heavy (non-hydrogen) atoms. The molecule has 0 bridgehead atoms. The standard InChI is InChI=1S/C19H15BrO2/c1-13-3-2-4-15(9-13)11-18-12-16(19(21)22-18)10-14-5-7-17(20)8-6-14/h2-9,11-12H,10H2,1H3/b18-11+. The molecule has 0 spiro atoms. The number of allylic oxidation sites excluding steroid dienone is 1. The average Bonchev–Trinajstić information content (AvgIpc) is 2.81. The number of cyclic esters (lactones) is 1. The summed E-state index contributed by atoms with van der Waals surface area (Å²) in [6, 6.07) is 16.0. The highest BCUT2D eigenvalue weighted by molar-refractivity contribution is 9.10. The lowest BCUT2D eigenvalue weighted by Gasteiger charge is -2.00. The first-order chi connectivity index (χ1) is 10.6. The Bertz CT molecular complexity index is 770. The Hall–Kier alpha value is -2.13. The molecule has 2 aromatic rings. The van der Waals surface area contributed by atoms with Crippen LogP contribution in [0.25, 0.3) is 6.08 Å². The monoisotopic (exact) mass is 354 g/mol. The Morgan fingerprint density at radius 1 is 1.14 bits per heavy atom. The molecule has 0 aliphatic carbocycles. The third kappa shape index (κ3) is 3.55. The normalized spacial score (nSPS) is 15.8. The molecule has 2 aromatic carbocycles. The second-order valence-electron chi connectivity index (χ2n) is 5.32. The van der Waals surface area contributed by atoms with Crippen LogP contribution in [0.2, 0.25) is 0 Å². The maximum absolute atomic E-state index is 12.0. The van der Waals surface area contributed by atoms with Gasteiger partial charge in [0.05, 0.1) is 0 Å². The van der Waals surface area contributed by atoms with Gasteiger partial charge < -0.3 is 4.74 Å². The molecule has 0 N–H and O–H groups in total. The smallest absolute Gasteiger partial charge is 0.339 e. The molecule has 3 rings (SSSR count). The summed E-state index contributed by atoms with van der Waals surface area (Å²) in [7, 11) is 0. The van der Waals surface area contributed by atoms with Gasteiger partial charge in [-0.1, -0.05) is 57.9 Å². The number of rotatable bonds is 3. The average molecular weight is 355 g/mol. The van der Waals surface area contributed by atoms with Gasteiger partial charge in [-0.3, -0.25) is 0 Å². The second-order valence-corrected chi connectivity index (χ2v) is 6.24. The summed E-state index contributed by atoms with van der Waals surface area (Å²) in [5.74, 6) is 0.338. The number of carbonyl (C=O) groups is 1. The van der Waals surface area contributed by atoms with E-state index in [1.54, 1.807) is 0 Å². The van der Waals surface area contributed by atoms with Gasteiger partial charge in [0.25, 0.3) is 0 Å². The fraction of sp³-hybridized carbons (Fsp3) is 0.105. The summed E-state index contributed by atoms with van der Waals surface area (Å²) in [5.41, 5.74) is 3.98. The van der Waals surface area contributed by atoms with E-state index in [0.29, 0.717) is 17.8 Å². The van der Waals surface area contributed by atoms with E-state index in [4.69, 9.17) is 4.74 Å². The molecule has 3 heteroatoms. The Labute approximate surface area is 138 Å². The van der Waals surface area contributed by atoms with E-state index in [9.17, 15) is 4.79 Å². The molecular formula is C19H15BrO2. The Morgan fingerprint density at radius 3 is 2.64 bits per heavy atom. The van der Waals surface area contributed by atoms with Crippen molar-refractivity contribution in [3.63, 3.8) is 0 Å². The molecule has 0 saturated carbocycles. The SMILES string of the molecule is Cc1cccc(/C=C2\C=C(Cc3ccc(Br)cc3)C(=O)O2)c1. The van der Waals surface area contributed by atoms with E-state index in [-0.39, 0.29) is 5.97 Å². The topological polar surface area (TPSA) is 26.3 Å². The zero-order valence-corrected chi connectivity index (χ0v) is 13.8. The molecule has 0 aromatic heterocycles. The van der Waals surface area contributed by atoms with Crippen molar-refractivity contribution in [1.29, 1.82) is 0 Å². The van der Waals surface area contributed by atoms with Crippen LogP contribution in [0.3, 0.4) is 0 Å². The lowest BCUT2D eigenvalue weighted by Crippen LogP contribution is -2.01. The summed E-state index contributed by atoms with van der Waals surface area (Å²) < 4.78 is 6.36. The number of esters is 1. The van der Waals surface area contributed by atoms with Gasteiger partial charge in [0.2, 0.25) is 0 Å². The van der Waals surface area contributed by atoms with E-state index < -0.39 is 0 Å². The van der Waals surface area contributed by atoms with Crippen molar-refractivity contribution in [2.24, 2.45) is 0 Å². The van der Waals surface area contributed by atoms with Crippen molar-refractivity contribution >= 4 is 28.0 Å². The summed E-state index contributed by atoms with van der Waals surface area (Å²) >= 11 is 3.41. The summed E-state index contributed by atoms with van der Waals surface area (Å²) in [5, 5.41) is 0. The second kappa shape index (κ2) is 6.32. The first-order valence-corrected chi connectivity index (χ1v) is 7.85. The largest absolute Gasteiger partial charge is 0.423 e. The van der Waals surface area contributed by atoms with Crippen molar-refractivity contribution in [1.82, 2.24) is 0 Å². The number of ether oxygens (including phenoxy) is 1. The number of aryl methyl sites for hydroxylation is 1. The predicted octanol–water partition coefficient (Wildman–Crippen LogP) is 4.82. The van der Waals surface area contributed by atoms with Crippen molar-refractivity contribution in [3.05, 3.63) is 87.1 Å². The van der Waals surface area contributed by atoms with Gasteiger partial charge in [-0.25, -0.2) is 4.79 Å². The minimum absolute atomic E-state index is 0.262. The molecule has 0 atom stereocenters. The van der Waals surface area contributed by atoms with Gasteiger partial charge in [-0.15, -0.1) is 0 Å². The van der Waals surface area contributed by atoms with Gasteiger partial charge >= 0.3 is 5.97 Å². The van der Waals surface area contributed by atoms with Crippen molar-refractivity contribution in [2.75, 3.05) is 0 Å². The maximum atomic E-state index is 12.0. The molecule has 2 nitrogen and oxygen atoms in total. The van der Waals surface area contributed by atoms with Crippen molar-refractivity contribution in [2.45, 2.75) is 13.3 Å². The van der Waals surface area contributed by atoms with Crippen LogP contribution in [0, 0.1) is 6.92 Å². The summed E-state index contributed by atoms with van der Waals surface area (Å²) in [6.07, 6.45) is 4.30. The molecule has 0 saturated heterocycles. The van der Waals surface area contributed by atoms with E-state index in [1.165, 1.54) is 5.56 Å². The van der Waals surface area contributed by atoms with Crippen molar-refractivity contribution in [3.8, 4) is 0 Å². The zero-order valence-electron chi connectivity index (χ0n) is 12.2. The van der Waals surface area contributed by atoms with Gasteiger partial charge in [-0.2, -0.15) is 0 Å². The number of hydrogen-bond acceptors (Lipinski definition) is 2. The highest BCUT2D eigenvalue weighted by Gasteiger charge is 2.21. The van der Waals surface area contributed by atoms with Crippen LogP contribution in [-0.2, 0) is 16.0 Å². The van der Waals surface area contributed by atoms with Gasteiger partial charge in [0, 0.05) is 16.5 Å². The predicted molar refractivity (Wildman–Crippen MR) is 91.2 cm³/mol. The van der Waals surface area contributed by atoms with Crippen LogP contribution < -0.4 is 0 Å². The van der Waals surface area contributed by atoms with Crippen LogP contribution in [0.1, 0.15) is 16.7 Å². The summed E-state index contributed by atoms with van der Waals surface area (Å²) in [6.45, 7) is 2.04. The Morgan fingerprint density at radius 2 is 1.91 bits per heavy atom. The quantitative estimate of drug-likeness (QED) is 0.738. The molecule has 1 aliphatic rings. The fourth-order valence-electron chi connectivity index (χ4n) is 2.37. The van der Waals surface area contributed by atoms with Crippen LogP contribution in [-0.4, -0.2) is 5.97 Å². The zero-order chi connectivity index (χ0) is 15.5. The van der Waals surface area contributed by atoms with E-state index in [2.05, 4.69) is 22.0 Å². The third-order valence-electron chi connectivity index (χ3n) is 3.45. The van der Waals surface area contributed by atoms with Crippen molar-refractivity contribution < 1.29 is 9.53 Å². The molecular weight excluding hydrogens is 340 g/mol.